The maximum absolute atomic E-state index is 11.7. The minimum atomic E-state index is -1.10. The predicted octanol–water partition coefficient (Wildman–Crippen LogP) is 4.10. The molecule has 20 heavy (non-hydrogen) atoms. The van der Waals surface area contributed by atoms with E-state index in [-0.39, 0.29) is 0 Å². The summed E-state index contributed by atoms with van der Waals surface area (Å²) < 4.78 is 6.60. The number of carbonyl (C=O) groups is 1. The lowest BCUT2D eigenvalue weighted by Crippen LogP contribution is -2.42. The number of benzene rings is 1. The average Bonchev–Trinajstić information content (AvgIpc) is 2.85. The van der Waals surface area contributed by atoms with Crippen molar-refractivity contribution in [3.05, 3.63) is 35.2 Å². The van der Waals surface area contributed by atoms with E-state index in [0.717, 1.165) is 17.7 Å². The molecule has 2 aromatic rings. The number of carboxylic acid groups (broad SMARTS) is 1. The first-order valence-electron chi connectivity index (χ1n) is 6.87. The van der Waals surface area contributed by atoms with Crippen LogP contribution in [0.25, 0.3) is 10.1 Å². The molecule has 1 unspecified atom stereocenters. The Balaban J connectivity index is 2.28. The molecule has 1 aromatic carbocycles. The van der Waals surface area contributed by atoms with E-state index in [1.807, 2.05) is 12.1 Å². The highest BCUT2D eigenvalue weighted by atomic mass is 32.1. The standard InChI is InChI=1S/C16H20O3S/c1-3-4-9-16(19-2,15(17)18)11-13-10-12-7-5-6-8-14(12)20-13/h5-8,10H,3-4,9,11H2,1-2H3,(H,17,18). The summed E-state index contributed by atoms with van der Waals surface area (Å²) in [5.74, 6) is -0.870. The lowest BCUT2D eigenvalue weighted by molar-refractivity contribution is -0.163. The summed E-state index contributed by atoms with van der Waals surface area (Å²) in [6.07, 6.45) is 2.79. The van der Waals surface area contributed by atoms with Gasteiger partial charge in [-0.2, -0.15) is 0 Å². The fourth-order valence-corrected chi connectivity index (χ4v) is 3.57. The van der Waals surface area contributed by atoms with E-state index in [2.05, 4.69) is 25.1 Å². The third-order valence-electron chi connectivity index (χ3n) is 3.65. The second kappa shape index (κ2) is 6.37. The van der Waals surface area contributed by atoms with Crippen LogP contribution in [0.15, 0.2) is 30.3 Å². The number of methoxy groups -OCH3 is 1. The highest BCUT2D eigenvalue weighted by molar-refractivity contribution is 7.19. The summed E-state index contributed by atoms with van der Waals surface area (Å²) in [5.41, 5.74) is -1.10. The minimum Gasteiger partial charge on any atom is -0.479 e. The molecule has 0 aliphatic carbocycles. The Morgan fingerprint density at radius 3 is 2.75 bits per heavy atom. The van der Waals surface area contributed by atoms with Gasteiger partial charge in [-0.05, 0) is 23.9 Å². The summed E-state index contributed by atoms with van der Waals surface area (Å²) in [6.45, 7) is 2.06. The van der Waals surface area contributed by atoms with Crippen molar-refractivity contribution in [2.75, 3.05) is 7.11 Å². The van der Waals surface area contributed by atoms with Crippen LogP contribution in [0.4, 0.5) is 0 Å². The van der Waals surface area contributed by atoms with Gasteiger partial charge in [-0.25, -0.2) is 4.79 Å². The van der Waals surface area contributed by atoms with E-state index >= 15 is 0 Å². The molecule has 0 aliphatic rings. The van der Waals surface area contributed by atoms with Crippen molar-refractivity contribution in [1.82, 2.24) is 0 Å². The van der Waals surface area contributed by atoms with Crippen LogP contribution in [0.1, 0.15) is 31.1 Å². The zero-order chi connectivity index (χ0) is 14.6. The molecule has 0 aliphatic heterocycles. The number of hydrogen-bond acceptors (Lipinski definition) is 3. The van der Waals surface area contributed by atoms with Crippen LogP contribution < -0.4 is 0 Å². The van der Waals surface area contributed by atoms with Gasteiger partial charge in [0.1, 0.15) is 0 Å². The number of unbranched alkanes of at least 4 members (excludes halogenated alkanes) is 1. The lowest BCUT2D eigenvalue weighted by atomic mass is 9.92. The SMILES string of the molecule is CCCCC(Cc1cc2ccccc2s1)(OC)C(=O)O. The normalized spacial score (nSPS) is 14.3. The second-order valence-electron chi connectivity index (χ2n) is 5.03. The van der Waals surface area contributed by atoms with E-state index in [1.54, 1.807) is 11.3 Å². The number of hydrogen-bond donors (Lipinski definition) is 1. The van der Waals surface area contributed by atoms with E-state index in [4.69, 9.17) is 4.74 Å². The first-order valence-corrected chi connectivity index (χ1v) is 7.69. The van der Waals surface area contributed by atoms with Gasteiger partial charge in [0.2, 0.25) is 0 Å². The third-order valence-corrected chi connectivity index (χ3v) is 4.77. The Morgan fingerprint density at radius 1 is 1.40 bits per heavy atom. The Hall–Kier alpha value is -1.39. The molecule has 1 atom stereocenters. The van der Waals surface area contributed by atoms with Crippen molar-refractivity contribution < 1.29 is 14.6 Å². The zero-order valence-corrected chi connectivity index (χ0v) is 12.7. The number of thiophene rings is 1. The molecule has 0 amide bonds. The molecule has 0 fully saturated rings. The summed E-state index contributed by atoms with van der Waals surface area (Å²) in [7, 11) is 1.50. The zero-order valence-electron chi connectivity index (χ0n) is 11.9. The van der Waals surface area contributed by atoms with Gasteiger partial charge in [0, 0.05) is 23.1 Å². The quantitative estimate of drug-likeness (QED) is 0.835. The van der Waals surface area contributed by atoms with Gasteiger partial charge in [-0.15, -0.1) is 11.3 Å². The van der Waals surface area contributed by atoms with Crippen LogP contribution in [-0.4, -0.2) is 23.8 Å². The first kappa shape index (κ1) is 15.0. The van der Waals surface area contributed by atoms with Crippen LogP contribution in [0.2, 0.25) is 0 Å². The highest BCUT2D eigenvalue weighted by Gasteiger charge is 2.38. The topological polar surface area (TPSA) is 46.5 Å². The maximum Gasteiger partial charge on any atom is 0.336 e. The minimum absolute atomic E-state index is 0.429. The molecule has 0 radical (unpaired) electrons. The molecule has 1 N–H and O–H groups in total. The van der Waals surface area contributed by atoms with Crippen LogP contribution in [0.5, 0.6) is 0 Å². The second-order valence-corrected chi connectivity index (χ2v) is 6.20. The highest BCUT2D eigenvalue weighted by Crippen LogP contribution is 2.31. The van der Waals surface area contributed by atoms with E-state index in [9.17, 15) is 9.90 Å². The van der Waals surface area contributed by atoms with Crippen LogP contribution in [0, 0.1) is 0 Å². The number of ether oxygens (including phenoxy) is 1. The van der Waals surface area contributed by atoms with Gasteiger partial charge in [0.05, 0.1) is 0 Å². The molecule has 0 bridgehead atoms. The van der Waals surface area contributed by atoms with E-state index < -0.39 is 11.6 Å². The Labute approximate surface area is 123 Å². The molecule has 1 heterocycles. The largest absolute Gasteiger partial charge is 0.479 e. The maximum atomic E-state index is 11.7. The molecule has 108 valence electrons. The van der Waals surface area contributed by atoms with Gasteiger partial charge in [0.15, 0.2) is 5.60 Å². The van der Waals surface area contributed by atoms with Crippen molar-refractivity contribution >= 4 is 27.4 Å². The van der Waals surface area contributed by atoms with Crippen molar-refractivity contribution in [1.29, 1.82) is 0 Å². The Morgan fingerprint density at radius 2 is 2.15 bits per heavy atom. The number of rotatable bonds is 7. The van der Waals surface area contributed by atoms with Crippen molar-refractivity contribution in [2.45, 2.75) is 38.2 Å². The monoisotopic (exact) mass is 292 g/mol. The molecule has 1 aromatic heterocycles. The van der Waals surface area contributed by atoms with E-state index in [1.165, 1.54) is 17.2 Å². The fourth-order valence-electron chi connectivity index (χ4n) is 2.40. The van der Waals surface area contributed by atoms with Gasteiger partial charge < -0.3 is 9.84 Å². The number of fused-ring (bicyclic) bond motifs is 1. The molecule has 4 heteroatoms. The van der Waals surface area contributed by atoms with Gasteiger partial charge in [-0.1, -0.05) is 38.0 Å². The fraction of sp³-hybridized carbons (Fsp3) is 0.438. The molecule has 0 saturated carbocycles. The van der Waals surface area contributed by atoms with Crippen LogP contribution in [-0.2, 0) is 16.0 Å². The predicted molar refractivity (Wildman–Crippen MR) is 82.4 cm³/mol. The molecule has 3 nitrogen and oxygen atoms in total. The number of carboxylic acids is 1. The van der Waals surface area contributed by atoms with Gasteiger partial charge in [0.25, 0.3) is 0 Å². The smallest absolute Gasteiger partial charge is 0.336 e. The lowest BCUT2D eigenvalue weighted by Gasteiger charge is -2.27. The number of aliphatic carboxylic acids is 1. The van der Waals surface area contributed by atoms with Gasteiger partial charge >= 0.3 is 5.97 Å². The van der Waals surface area contributed by atoms with Crippen LogP contribution >= 0.6 is 11.3 Å². The Bertz CT molecular complexity index is 557. The van der Waals surface area contributed by atoms with Crippen molar-refractivity contribution in [2.24, 2.45) is 0 Å². The van der Waals surface area contributed by atoms with Crippen molar-refractivity contribution in [3.8, 4) is 0 Å². The molecule has 0 saturated heterocycles. The Kier molecular flexibility index (Phi) is 4.78. The molecular weight excluding hydrogens is 272 g/mol. The summed E-state index contributed by atoms with van der Waals surface area (Å²) in [6, 6.07) is 10.2. The summed E-state index contributed by atoms with van der Waals surface area (Å²) in [5, 5.41) is 10.7. The summed E-state index contributed by atoms with van der Waals surface area (Å²) >= 11 is 1.65. The van der Waals surface area contributed by atoms with E-state index in [0.29, 0.717) is 12.8 Å². The van der Waals surface area contributed by atoms with Crippen LogP contribution in [0.3, 0.4) is 0 Å². The van der Waals surface area contributed by atoms with Gasteiger partial charge in [-0.3, -0.25) is 0 Å². The average molecular weight is 292 g/mol. The first-order chi connectivity index (χ1) is 9.61. The molecular formula is C16H20O3S. The third kappa shape index (κ3) is 3.02. The van der Waals surface area contributed by atoms with Crippen molar-refractivity contribution in [3.63, 3.8) is 0 Å². The summed E-state index contributed by atoms with van der Waals surface area (Å²) in [4.78, 5) is 12.7. The molecule has 2 rings (SSSR count). The molecule has 0 spiro atoms.